The normalized spacial score (nSPS) is 8.75. The quantitative estimate of drug-likeness (QED) is 0.363. The molecule has 0 rings (SSSR count). The Bertz CT molecular complexity index is 105. The summed E-state index contributed by atoms with van der Waals surface area (Å²) in [6, 6.07) is 0. The van der Waals surface area contributed by atoms with Gasteiger partial charge in [-0.1, -0.05) is 32.1 Å². The Kier molecular flexibility index (Phi) is 4.19. The van der Waals surface area contributed by atoms with Crippen molar-refractivity contribution < 1.29 is 0 Å². The van der Waals surface area contributed by atoms with Gasteiger partial charge in [-0.15, -0.1) is 12.6 Å². The Labute approximate surface area is 61.4 Å². The molecule has 8 heavy (non-hydrogen) atoms. The molecule has 0 aromatic carbocycles. The molecule has 0 aromatic heterocycles. The van der Waals surface area contributed by atoms with Gasteiger partial charge in [-0.2, -0.15) is 0 Å². The van der Waals surface area contributed by atoms with Crippen LogP contribution in [0.25, 0.3) is 0 Å². The summed E-state index contributed by atoms with van der Waals surface area (Å²) < 4.78 is 0.645. The fraction of sp³-hybridized carbons (Fsp3) is 0.500. The fourth-order valence-corrected chi connectivity index (χ4v) is 0.623. The van der Waals surface area contributed by atoms with E-state index in [4.69, 9.17) is 12.2 Å². The van der Waals surface area contributed by atoms with E-state index in [0.717, 1.165) is 18.4 Å². The van der Waals surface area contributed by atoms with Crippen molar-refractivity contribution in [1.82, 2.24) is 0 Å². The highest BCUT2D eigenvalue weighted by Gasteiger charge is 1.92. The third-order valence-electron chi connectivity index (χ3n) is 0.854. The predicted molar refractivity (Wildman–Crippen MR) is 45.6 cm³/mol. The Balaban J connectivity index is 3.49. The molecule has 0 aliphatic heterocycles. The number of hydrogen-bond donors (Lipinski definition) is 1. The second-order valence-corrected chi connectivity index (χ2v) is 2.82. The highest BCUT2D eigenvalue weighted by Crippen LogP contribution is 2.06. The van der Waals surface area contributed by atoms with Crippen LogP contribution >= 0.6 is 24.8 Å². The van der Waals surface area contributed by atoms with Gasteiger partial charge in [0, 0.05) is 0 Å². The van der Waals surface area contributed by atoms with E-state index in [2.05, 4.69) is 26.1 Å². The van der Waals surface area contributed by atoms with Gasteiger partial charge >= 0.3 is 0 Å². The smallest absolute Gasteiger partial charge is 0.0701 e. The van der Waals surface area contributed by atoms with Gasteiger partial charge in [0.15, 0.2) is 0 Å². The van der Waals surface area contributed by atoms with E-state index in [0.29, 0.717) is 4.20 Å². The molecule has 0 N–H and O–H groups in total. The minimum absolute atomic E-state index is 0.645. The van der Waals surface area contributed by atoms with E-state index in [-0.39, 0.29) is 0 Å². The maximum absolute atomic E-state index is 4.75. The summed E-state index contributed by atoms with van der Waals surface area (Å²) in [6.07, 6.45) is 2.07. The molecule has 46 valence electrons. The first kappa shape index (κ1) is 8.18. The lowest BCUT2D eigenvalue weighted by atomic mass is 10.2. The summed E-state index contributed by atoms with van der Waals surface area (Å²) >= 11 is 8.71. The minimum Gasteiger partial charge on any atom is -0.132 e. The summed E-state index contributed by atoms with van der Waals surface area (Å²) in [5, 5.41) is 0. The zero-order chi connectivity index (χ0) is 6.57. The molecule has 0 aliphatic carbocycles. The Hall–Kier alpha value is 0.180. The Morgan fingerprint density at radius 3 is 2.38 bits per heavy atom. The van der Waals surface area contributed by atoms with Crippen LogP contribution in [0.2, 0.25) is 0 Å². The van der Waals surface area contributed by atoms with Crippen LogP contribution in [0.1, 0.15) is 19.8 Å². The van der Waals surface area contributed by atoms with Crippen LogP contribution in [0.15, 0.2) is 12.2 Å². The zero-order valence-electron chi connectivity index (χ0n) is 4.98. The van der Waals surface area contributed by atoms with E-state index in [1.165, 1.54) is 0 Å². The number of hydrogen-bond acceptors (Lipinski definition) is 1. The fourth-order valence-electron chi connectivity index (χ4n) is 0.409. The average Bonchev–Trinajstić information content (AvgIpc) is 1.67. The van der Waals surface area contributed by atoms with E-state index in [1.54, 1.807) is 0 Å². The van der Waals surface area contributed by atoms with Gasteiger partial charge in [0.1, 0.15) is 0 Å². The molecule has 0 saturated heterocycles. The number of thiol groups is 1. The first-order valence-corrected chi connectivity index (χ1v) is 3.45. The molecule has 2 heteroatoms. The molecule has 0 aromatic rings. The first-order chi connectivity index (χ1) is 3.68. The molecule has 0 aliphatic rings. The van der Waals surface area contributed by atoms with Crippen LogP contribution in [0.4, 0.5) is 0 Å². The first-order valence-electron chi connectivity index (χ1n) is 2.59. The third kappa shape index (κ3) is 3.22. The summed E-state index contributed by atoms with van der Waals surface area (Å²) in [6.45, 7) is 5.82. The summed E-state index contributed by atoms with van der Waals surface area (Å²) in [5.74, 6) is 0. The SMILES string of the molecule is C=C(CCC)C(=S)S. The molecule has 0 fully saturated rings. The molecule has 0 unspecified atom stereocenters. The molecule has 0 heterocycles. The Morgan fingerprint density at radius 1 is 1.75 bits per heavy atom. The van der Waals surface area contributed by atoms with Crippen molar-refractivity contribution in [2.45, 2.75) is 19.8 Å². The van der Waals surface area contributed by atoms with Crippen molar-refractivity contribution in [1.29, 1.82) is 0 Å². The van der Waals surface area contributed by atoms with Crippen molar-refractivity contribution in [2.24, 2.45) is 0 Å². The van der Waals surface area contributed by atoms with Crippen LogP contribution in [-0.2, 0) is 0 Å². The lowest BCUT2D eigenvalue weighted by Crippen LogP contribution is -1.86. The maximum Gasteiger partial charge on any atom is 0.0701 e. The molecule has 0 radical (unpaired) electrons. The predicted octanol–water partition coefficient (Wildman–Crippen LogP) is 2.60. The lowest BCUT2D eigenvalue weighted by Gasteiger charge is -1.95. The summed E-state index contributed by atoms with van der Waals surface area (Å²) in [5.41, 5.74) is 0.978. The molecular formula is C6H10S2. The van der Waals surface area contributed by atoms with Crippen molar-refractivity contribution >= 4 is 29.0 Å². The minimum atomic E-state index is 0.645. The van der Waals surface area contributed by atoms with Crippen LogP contribution in [0.5, 0.6) is 0 Å². The van der Waals surface area contributed by atoms with E-state index in [1.807, 2.05) is 0 Å². The van der Waals surface area contributed by atoms with Crippen LogP contribution in [-0.4, -0.2) is 4.20 Å². The van der Waals surface area contributed by atoms with Crippen LogP contribution in [0, 0.1) is 0 Å². The molecule has 0 nitrogen and oxygen atoms in total. The van der Waals surface area contributed by atoms with Crippen molar-refractivity contribution in [3.05, 3.63) is 12.2 Å². The lowest BCUT2D eigenvalue weighted by molar-refractivity contribution is 0.943. The average molecular weight is 146 g/mol. The van der Waals surface area contributed by atoms with E-state index >= 15 is 0 Å². The highest BCUT2D eigenvalue weighted by atomic mass is 32.1. The van der Waals surface area contributed by atoms with Crippen molar-refractivity contribution in [3.8, 4) is 0 Å². The van der Waals surface area contributed by atoms with Gasteiger partial charge in [-0.05, 0) is 12.0 Å². The maximum atomic E-state index is 4.75. The monoisotopic (exact) mass is 146 g/mol. The molecule has 0 amide bonds. The van der Waals surface area contributed by atoms with Crippen LogP contribution < -0.4 is 0 Å². The number of rotatable bonds is 3. The second-order valence-electron chi connectivity index (χ2n) is 1.66. The molecule has 0 bridgehead atoms. The third-order valence-corrected chi connectivity index (χ3v) is 1.46. The number of thiocarbonyl (C=S) groups is 1. The molecular weight excluding hydrogens is 136 g/mol. The molecule has 0 atom stereocenters. The standard InChI is InChI=1S/C6H10S2/c1-3-4-5(2)6(7)8/h2-4H2,1H3,(H,7,8). The topological polar surface area (TPSA) is 0 Å². The van der Waals surface area contributed by atoms with Gasteiger partial charge in [0.2, 0.25) is 0 Å². The van der Waals surface area contributed by atoms with Gasteiger partial charge in [0.05, 0.1) is 4.20 Å². The summed E-state index contributed by atoms with van der Waals surface area (Å²) in [7, 11) is 0. The van der Waals surface area contributed by atoms with Crippen molar-refractivity contribution in [3.63, 3.8) is 0 Å². The highest BCUT2D eigenvalue weighted by molar-refractivity contribution is 8.11. The van der Waals surface area contributed by atoms with Gasteiger partial charge in [-0.25, -0.2) is 0 Å². The van der Waals surface area contributed by atoms with Gasteiger partial charge in [0.25, 0.3) is 0 Å². The largest absolute Gasteiger partial charge is 0.132 e. The Morgan fingerprint density at radius 2 is 2.25 bits per heavy atom. The van der Waals surface area contributed by atoms with Crippen molar-refractivity contribution in [2.75, 3.05) is 0 Å². The second kappa shape index (κ2) is 4.10. The zero-order valence-corrected chi connectivity index (χ0v) is 6.69. The summed E-state index contributed by atoms with van der Waals surface area (Å²) in [4.78, 5) is 0. The molecule has 0 spiro atoms. The van der Waals surface area contributed by atoms with E-state index < -0.39 is 0 Å². The van der Waals surface area contributed by atoms with E-state index in [9.17, 15) is 0 Å². The van der Waals surface area contributed by atoms with Gasteiger partial charge in [-0.3, -0.25) is 0 Å². The van der Waals surface area contributed by atoms with Crippen LogP contribution in [0.3, 0.4) is 0 Å². The molecule has 0 saturated carbocycles. The van der Waals surface area contributed by atoms with Gasteiger partial charge < -0.3 is 0 Å².